The van der Waals surface area contributed by atoms with Crippen molar-refractivity contribution in [2.75, 3.05) is 12.9 Å². The summed E-state index contributed by atoms with van der Waals surface area (Å²) in [6, 6.07) is 5.71. The van der Waals surface area contributed by atoms with Crippen LogP contribution in [0, 0.1) is 0 Å². The third-order valence-corrected chi connectivity index (χ3v) is 2.37. The monoisotopic (exact) mass is 227 g/mol. The molecule has 4 heteroatoms. The molecule has 0 aliphatic heterocycles. The summed E-state index contributed by atoms with van der Waals surface area (Å²) in [7, 11) is 1.40. The Balaban J connectivity index is 0.000000921. The third kappa shape index (κ3) is 6.96. The van der Waals surface area contributed by atoms with Gasteiger partial charge in [0.05, 0.1) is 18.6 Å². The van der Waals surface area contributed by atoms with Gasteiger partial charge in [-0.1, -0.05) is 19.9 Å². The Hall–Kier alpha value is -1.03. The summed E-state index contributed by atoms with van der Waals surface area (Å²) in [5, 5.41) is 0.936. The second-order valence-corrected chi connectivity index (χ2v) is 3.46. The first-order valence-electron chi connectivity index (χ1n) is 4.93. The van der Waals surface area contributed by atoms with Crippen LogP contribution >= 0.6 is 11.8 Å². The lowest BCUT2D eigenvalue weighted by atomic mass is 10.5. The Bertz CT molecular complexity index is 265. The highest BCUT2D eigenvalue weighted by Crippen LogP contribution is 2.14. The molecule has 0 spiro atoms. The van der Waals surface area contributed by atoms with E-state index in [4.69, 9.17) is 0 Å². The van der Waals surface area contributed by atoms with Crippen LogP contribution in [0.15, 0.2) is 29.4 Å². The van der Waals surface area contributed by atoms with E-state index in [0.717, 1.165) is 5.03 Å². The van der Waals surface area contributed by atoms with E-state index < -0.39 is 0 Å². The molecule has 0 saturated carbocycles. The summed E-state index contributed by atoms with van der Waals surface area (Å²) < 4.78 is 4.52. The fraction of sp³-hybridized carbons (Fsp3) is 0.455. The van der Waals surface area contributed by atoms with Gasteiger partial charge in [-0.15, -0.1) is 11.8 Å². The quantitative estimate of drug-likeness (QED) is 0.585. The number of carbonyl (C=O) groups excluding carboxylic acids is 1. The summed E-state index contributed by atoms with van der Waals surface area (Å²) >= 11 is 1.55. The van der Waals surface area contributed by atoms with E-state index in [1.54, 1.807) is 18.0 Å². The van der Waals surface area contributed by atoms with Crippen LogP contribution in [0.25, 0.3) is 0 Å². The summed E-state index contributed by atoms with van der Waals surface area (Å²) in [6.07, 6.45) is 2.16. The topological polar surface area (TPSA) is 39.2 Å². The summed E-state index contributed by atoms with van der Waals surface area (Å²) in [6.45, 7) is 4.00. The number of pyridine rings is 1. The van der Waals surface area contributed by atoms with Crippen LogP contribution in [0.4, 0.5) is 0 Å². The molecule has 0 radical (unpaired) electrons. The number of methoxy groups -OCH3 is 1. The molecule has 84 valence electrons. The lowest BCUT2D eigenvalue weighted by molar-refractivity contribution is -0.140. The molecule has 1 rings (SSSR count). The maximum Gasteiger partial charge on any atom is 0.306 e. The number of rotatable bonds is 4. The molecule has 15 heavy (non-hydrogen) atoms. The zero-order chi connectivity index (χ0) is 11.5. The van der Waals surface area contributed by atoms with Gasteiger partial charge in [0.15, 0.2) is 0 Å². The average molecular weight is 227 g/mol. The van der Waals surface area contributed by atoms with Crippen molar-refractivity contribution in [2.24, 2.45) is 0 Å². The number of esters is 1. The maximum absolute atomic E-state index is 10.7. The molecule has 0 aromatic carbocycles. The van der Waals surface area contributed by atoms with Gasteiger partial charge in [-0.3, -0.25) is 4.79 Å². The normalized spacial score (nSPS) is 8.73. The number of carbonyl (C=O) groups is 1. The highest BCUT2D eigenvalue weighted by Gasteiger charge is 2.00. The third-order valence-electron chi connectivity index (χ3n) is 1.42. The van der Waals surface area contributed by atoms with Crippen molar-refractivity contribution in [2.45, 2.75) is 25.3 Å². The lowest BCUT2D eigenvalue weighted by Gasteiger charge is -1.98. The Morgan fingerprint density at radius 2 is 2.20 bits per heavy atom. The molecule has 1 aromatic rings. The molecule has 0 saturated heterocycles. The largest absolute Gasteiger partial charge is 0.469 e. The van der Waals surface area contributed by atoms with E-state index in [2.05, 4.69) is 9.72 Å². The van der Waals surface area contributed by atoms with Crippen LogP contribution < -0.4 is 0 Å². The van der Waals surface area contributed by atoms with Gasteiger partial charge in [0.1, 0.15) is 0 Å². The second kappa shape index (κ2) is 9.52. The van der Waals surface area contributed by atoms with Crippen LogP contribution in [0.2, 0.25) is 0 Å². The van der Waals surface area contributed by atoms with Crippen molar-refractivity contribution >= 4 is 17.7 Å². The molecule has 0 amide bonds. The Morgan fingerprint density at radius 1 is 1.47 bits per heavy atom. The molecule has 1 heterocycles. The summed E-state index contributed by atoms with van der Waals surface area (Å²) in [5.41, 5.74) is 0. The highest BCUT2D eigenvalue weighted by atomic mass is 32.2. The Morgan fingerprint density at radius 3 is 2.73 bits per heavy atom. The van der Waals surface area contributed by atoms with Crippen molar-refractivity contribution in [3.8, 4) is 0 Å². The van der Waals surface area contributed by atoms with Crippen molar-refractivity contribution < 1.29 is 9.53 Å². The SMILES string of the molecule is CC.COC(=O)CCSc1ccccn1. The molecule has 0 aliphatic rings. The van der Waals surface area contributed by atoms with Crippen LogP contribution in [-0.2, 0) is 9.53 Å². The second-order valence-electron chi connectivity index (χ2n) is 2.34. The molecule has 0 atom stereocenters. The fourth-order valence-corrected chi connectivity index (χ4v) is 1.56. The lowest BCUT2D eigenvalue weighted by Crippen LogP contribution is -2.00. The molecular formula is C11H17NO2S. The summed E-state index contributed by atoms with van der Waals surface area (Å²) in [5.74, 6) is 0.535. The maximum atomic E-state index is 10.7. The number of hydrogen-bond acceptors (Lipinski definition) is 4. The van der Waals surface area contributed by atoms with Crippen molar-refractivity contribution in [1.82, 2.24) is 4.98 Å². The molecule has 0 aliphatic carbocycles. The van der Waals surface area contributed by atoms with Gasteiger partial charge in [-0.2, -0.15) is 0 Å². The zero-order valence-corrected chi connectivity index (χ0v) is 10.2. The molecule has 3 nitrogen and oxygen atoms in total. The average Bonchev–Trinajstić information content (AvgIpc) is 2.33. The number of nitrogens with zero attached hydrogens (tertiary/aromatic N) is 1. The molecule has 1 aromatic heterocycles. The first-order valence-corrected chi connectivity index (χ1v) is 5.92. The van der Waals surface area contributed by atoms with Crippen molar-refractivity contribution in [3.63, 3.8) is 0 Å². The minimum atomic E-state index is -0.177. The highest BCUT2D eigenvalue weighted by molar-refractivity contribution is 7.99. The molecular weight excluding hydrogens is 210 g/mol. The molecule has 0 unspecified atom stereocenters. The van der Waals surface area contributed by atoms with E-state index >= 15 is 0 Å². The van der Waals surface area contributed by atoms with Crippen molar-refractivity contribution in [1.29, 1.82) is 0 Å². The molecule has 0 N–H and O–H groups in total. The Kier molecular flexibility index (Phi) is 8.87. The van der Waals surface area contributed by atoms with Gasteiger partial charge in [0.2, 0.25) is 0 Å². The van der Waals surface area contributed by atoms with Crippen molar-refractivity contribution in [3.05, 3.63) is 24.4 Å². The molecule has 0 fully saturated rings. The van der Waals surface area contributed by atoms with Gasteiger partial charge < -0.3 is 4.74 Å². The minimum Gasteiger partial charge on any atom is -0.469 e. The first kappa shape index (κ1) is 14.0. The van der Waals surface area contributed by atoms with E-state index in [1.807, 2.05) is 32.0 Å². The molecule has 0 bridgehead atoms. The van der Waals surface area contributed by atoms with Gasteiger partial charge in [-0.25, -0.2) is 4.98 Å². The van der Waals surface area contributed by atoms with Crippen LogP contribution in [-0.4, -0.2) is 23.8 Å². The predicted octanol–water partition coefficient (Wildman–Crippen LogP) is 2.76. The fourth-order valence-electron chi connectivity index (χ4n) is 0.773. The number of aromatic nitrogens is 1. The van der Waals surface area contributed by atoms with E-state index in [0.29, 0.717) is 12.2 Å². The summed E-state index contributed by atoms with van der Waals surface area (Å²) in [4.78, 5) is 14.9. The van der Waals surface area contributed by atoms with Gasteiger partial charge in [-0.05, 0) is 12.1 Å². The standard InChI is InChI=1S/C9H11NO2S.C2H6/c1-12-9(11)5-7-13-8-4-2-3-6-10-8;1-2/h2-4,6H,5,7H2,1H3;1-2H3. The predicted molar refractivity (Wildman–Crippen MR) is 62.9 cm³/mol. The van der Waals surface area contributed by atoms with Crippen LogP contribution in [0.1, 0.15) is 20.3 Å². The Labute approximate surface area is 95.2 Å². The van der Waals surface area contributed by atoms with Gasteiger partial charge >= 0.3 is 5.97 Å². The number of ether oxygens (including phenoxy) is 1. The van der Waals surface area contributed by atoms with Gasteiger partial charge in [0, 0.05) is 11.9 Å². The van der Waals surface area contributed by atoms with Gasteiger partial charge in [0.25, 0.3) is 0 Å². The van der Waals surface area contributed by atoms with Crippen LogP contribution in [0.5, 0.6) is 0 Å². The first-order chi connectivity index (χ1) is 7.33. The van der Waals surface area contributed by atoms with E-state index in [9.17, 15) is 4.79 Å². The zero-order valence-electron chi connectivity index (χ0n) is 9.40. The smallest absolute Gasteiger partial charge is 0.306 e. The van der Waals surface area contributed by atoms with Crippen LogP contribution in [0.3, 0.4) is 0 Å². The van der Waals surface area contributed by atoms with E-state index in [1.165, 1.54) is 7.11 Å². The van der Waals surface area contributed by atoms with E-state index in [-0.39, 0.29) is 5.97 Å². The minimum absolute atomic E-state index is 0.177. The number of hydrogen-bond donors (Lipinski definition) is 0. The number of thioether (sulfide) groups is 1.